The molecule has 15 heavy (non-hydrogen) atoms. The van der Waals surface area contributed by atoms with Crippen LogP contribution in [0.25, 0.3) is 0 Å². The van der Waals surface area contributed by atoms with Crippen LogP contribution in [0.3, 0.4) is 0 Å². The molecule has 4 heteroatoms. The Morgan fingerprint density at radius 1 is 1.53 bits per heavy atom. The van der Waals surface area contributed by atoms with Crippen molar-refractivity contribution in [2.75, 3.05) is 0 Å². The fourth-order valence-corrected chi connectivity index (χ4v) is 3.49. The van der Waals surface area contributed by atoms with E-state index in [0.29, 0.717) is 19.3 Å². The van der Waals surface area contributed by atoms with Crippen molar-refractivity contribution >= 4 is 33.0 Å². The van der Waals surface area contributed by atoms with Crippen molar-refractivity contribution in [3.05, 3.63) is 20.8 Å². The number of carbonyl (C=O) groups excluding carboxylic acids is 1. The van der Waals surface area contributed by atoms with Crippen LogP contribution >= 0.6 is 27.3 Å². The first kappa shape index (κ1) is 11.3. The van der Waals surface area contributed by atoms with Gasteiger partial charge in [-0.2, -0.15) is 0 Å². The van der Waals surface area contributed by atoms with Crippen molar-refractivity contribution in [3.63, 3.8) is 0 Å². The van der Waals surface area contributed by atoms with Crippen LogP contribution in [0.1, 0.15) is 30.6 Å². The molecule has 1 N–H and O–H groups in total. The maximum atomic E-state index is 11.9. The van der Waals surface area contributed by atoms with Crippen LogP contribution in [0, 0.1) is 0 Å². The molecule has 1 aliphatic carbocycles. The summed E-state index contributed by atoms with van der Waals surface area (Å²) in [5.41, 5.74) is -1.04. The fraction of sp³-hybridized carbons (Fsp3) is 0.545. The van der Waals surface area contributed by atoms with E-state index in [-0.39, 0.29) is 5.78 Å². The van der Waals surface area contributed by atoms with Crippen LogP contribution in [0.4, 0.5) is 0 Å². The molecule has 0 aromatic carbocycles. The van der Waals surface area contributed by atoms with Gasteiger partial charge in [0.15, 0.2) is 5.78 Å². The van der Waals surface area contributed by atoms with Crippen molar-refractivity contribution in [1.29, 1.82) is 0 Å². The van der Waals surface area contributed by atoms with E-state index in [1.807, 2.05) is 11.4 Å². The quantitative estimate of drug-likeness (QED) is 0.929. The maximum Gasteiger partial charge on any atom is 0.169 e. The Morgan fingerprint density at radius 2 is 2.20 bits per heavy atom. The number of carbonyl (C=O) groups is 1. The zero-order valence-electron chi connectivity index (χ0n) is 8.33. The second kappa shape index (κ2) is 4.36. The fourth-order valence-electron chi connectivity index (χ4n) is 2.00. The molecule has 1 aromatic heterocycles. The van der Waals surface area contributed by atoms with Gasteiger partial charge in [0.05, 0.1) is 0 Å². The Kier molecular flexibility index (Phi) is 3.28. The first-order valence-electron chi connectivity index (χ1n) is 5.09. The lowest BCUT2D eigenvalue weighted by Crippen LogP contribution is -2.36. The van der Waals surface area contributed by atoms with E-state index >= 15 is 0 Å². The predicted octanol–water partition coefficient (Wildman–Crippen LogP) is 2.93. The van der Waals surface area contributed by atoms with Crippen molar-refractivity contribution in [1.82, 2.24) is 0 Å². The summed E-state index contributed by atoms with van der Waals surface area (Å²) in [7, 11) is 0. The summed E-state index contributed by atoms with van der Waals surface area (Å²) in [5.74, 6) is -0.0249. The number of hydrogen-bond acceptors (Lipinski definition) is 3. The molecule has 0 saturated heterocycles. The van der Waals surface area contributed by atoms with E-state index in [2.05, 4.69) is 15.9 Å². The van der Waals surface area contributed by atoms with E-state index in [1.54, 1.807) is 11.3 Å². The summed E-state index contributed by atoms with van der Waals surface area (Å²) in [6, 6.07) is 1.94. The largest absolute Gasteiger partial charge is 0.382 e. The van der Waals surface area contributed by atoms with Gasteiger partial charge in [0.2, 0.25) is 0 Å². The van der Waals surface area contributed by atoms with Crippen LogP contribution < -0.4 is 0 Å². The van der Waals surface area contributed by atoms with Gasteiger partial charge in [-0.25, -0.2) is 0 Å². The number of hydrogen-bond donors (Lipinski definition) is 1. The van der Waals surface area contributed by atoms with Gasteiger partial charge in [-0.05, 0) is 53.1 Å². The van der Waals surface area contributed by atoms with E-state index < -0.39 is 5.60 Å². The summed E-state index contributed by atoms with van der Waals surface area (Å²) < 4.78 is 0.974. The molecule has 82 valence electrons. The van der Waals surface area contributed by atoms with E-state index in [4.69, 9.17) is 0 Å². The summed E-state index contributed by atoms with van der Waals surface area (Å²) in [6.07, 6.45) is 3.56. The molecule has 2 nitrogen and oxygen atoms in total. The average molecular weight is 289 g/mol. The second-order valence-corrected chi connectivity index (χ2v) is 5.89. The van der Waals surface area contributed by atoms with Gasteiger partial charge in [-0.1, -0.05) is 0 Å². The number of ketones is 1. The van der Waals surface area contributed by atoms with Crippen molar-refractivity contribution in [2.24, 2.45) is 0 Å². The molecule has 1 saturated carbocycles. The lowest BCUT2D eigenvalue weighted by Gasteiger charge is -2.19. The van der Waals surface area contributed by atoms with Crippen LogP contribution in [0.2, 0.25) is 0 Å². The first-order valence-corrected chi connectivity index (χ1v) is 6.77. The van der Waals surface area contributed by atoms with Gasteiger partial charge in [0.1, 0.15) is 5.60 Å². The van der Waals surface area contributed by atoms with Crippen LogP contribution in [-0.2, 0) is 11.2 Å². The summed E-state index contributed by atoms with van der Waals surface area (Å²) in [5, 5.41) is 12.0. The van der Waals surface area contributed by atoms with Gasteiger partial charge >= 0.3 is 0 Å². The molecule has 0 atom stereocenters. The van der Waals surface area contributed by atoms with Crippen LogP contribution in [-0.4, -0.2) is 16.5 Å². The lowest BCUT2D eigenvalue weighted by molar-refractivity contribution is -0.135. The predicted molar refractivity (Wildman–Crippen MR) is 64.1 cm³/mol. The Bertz CT molecular complexity index is 366. The van der Waals surface area contributed by atoms with Gasteiger partial charge in [-0.15, -0.1) is 11.3 Å². The number of aliphatic hydroxyl groups is 1. The van der Waals surface area contributed by atoms with E-state index in [0.717, 1.165) is 22.2 Å². The van der Waals surface area contributed by atoms with E-state index in [1.165, 1.54) is 0 Å². The number of rotatable bonds is 3. The highest BCUT2D eigenvalue weighted by Gasteiger charge is 2.38. The molecular formula is C11H13BrO2S. The van der Waals surface area contributed by atoms with Crippen LogP contribution in [0.15, 0.2) is 15.9 Å². The minimum absolute atomic E-state index is 0.0249. The third-order valence-electron chi connectivity index (χ3n) is 2.96. The normalized spacial score (nSPS) is 19.3. The van der Waals surface area contributed by atoms with Gasteiger partial charge in [0.25, 0.3) is 0 Å². The molecule has 1 fully saturated rings. The SMILES string of the molecule is O=C(Cc1sccc1Br)C1(O)CCCC1. The number of halogens is 1. The minimum atomic E-state index is -1.04. The Balaban J connectivity index is 2.07. The number of thiophene rings is 1. The molecule has 1 heterocycles. The smallest absolute Gasteiger partial charge is 0.169 e. The van der Waals surface area contributed by atoms with Gasteiger partial charge < -0.3 is 5.11 Å². The Hall–Kier alpha value is -0.190. The Morgan fingerprint density at radius 3 is 2.73 bits per heavy atom. The molecule has 0 aliphatic heterocycles. The summed E-state index contributed by atoms with van der Waals surface area (Å²) in [6.45, 7) is 0. The van der Waals surface area contributed by atoms with Gasteiger partial charge in [0, 0.05) is 15.8 Å². The maximum absolute atomic E-state index is 11.9. The third kappa shape index (κ3) is 2.32. The van der Waals surface area contributed by atoms with Crippen molar-refractivity contribution in [3.8, 4) is 0 Å². The topological polar surface area (TPSA) is 37.3 Å². The van der Waals surface area contributed by atoms with Crippen molar-refractivity contribution in [2.45, 2.75) is 37.7 Å². The van der Waals surface area contributed by atoms with Crippen LogP contribution in [0.5, 0.6) is 0 Å². The highest BCUT2D eigenvalue weighted by molar-refractivity contribution is 9.10. The highest BCUT2D eigenvalue weighted by Crippen LogP contribution is 2.33. The molecule has 2 rings (SSSR count). The monoisotopic (exact) mass is 288 g/mol. The lowest BCUT2D eigenvalue weighted by atomic mass is 9.94. The average Bonchev–Trinajstić information content (AvgIpc) is 2.78. The third-order valence-corrected chi connectivity index (χ3v) is 4.89. The summed E-state index contributed by atoms with van der Waals surface area (Å²) >= 11 is 4.95. The molecule has 0 radical (unpaired) electrons. The minimum Gasteiger partial charge on any atom is -0.382 e. The molecule has 1 aliphatic rings. The molecule has 1 aromatic rings. The Labute approximate surface area is 101 Å². The number of Topliss-reactive ketones (excluding diaryl/α,β-unsaturated/α-hetero) is 1. The standard InChI is InChI=1S/C11H13BrO2S/c12-8-3-6-15-9(8)7-10(13)11(14)4-1-2-5-11/h3,6,14H,1-2,4-5,7H2. The molecule has 0 amide bonds. The second-order valence-electron chi connectivity index (χ2n) is 4.03. The molecule has 0 bridgehead atoms. The zero-order valence-corrected chi connectivity index (χ0v) is 10.7. The van der Waals surface area contributed by atoms with E-state index in [9.17, 15) is 9.90 Å². The highest BCUT2D eigenvalue weighted by atomic mass is 79.9. The molecule has 0 spiro atoms. The molecular weight excluding hydrogens is 276 g/mol. The molecule has 0 unspecified atom stereocenters. The summed E-state index contributed by atoms with van der Waals surface area (Å²) in [4.78, 5) is 12.9. The first-order chi connectivity index (χ1) is 7.12. The van der Waals surface area contributed by atoms with Gasteiger partial charge in [-0.3, -0.25) is 4.79 Å². The zero-order chi connectivity index (χ0) is 10.9. The van der Waals surface area contributed by atoms with Crippen molar-refractivity contribution < 1.29 is 9.90 Å².